The summed E-state index contributed by atoms with van der Waals surface area (Å²) in [6.45, 7) is 9.18. The molecule has 0 radical (unpaired) electrons. The van der Waals surface area contributed by atoms with Gasteiger partial charge in [0.1, 0.15) is 0 Å². The maximum atomic E-state index is 5.43. The molecule has 1 saturated carbocycles. The summed E-state index contributed by atoms with van der Waals surface area (Å²) in [6.07, 6.45) is 5.91. The van der Waals surface area contributed by atoms with E-state index in [0.29, 0.717) is 11.3 Å². The molecular weight excluding hydrogens is 250 g/mol. The summed E-state index contributed by atoms with van der Waals surface area (Å²) in [5, 5.41) is 7.43. The second-order valence-corrected chi connectivity index (χ2v) is 7.15. The van der Waals surface area contributed by atoms with Gasteiger partial charge < -0.3 is 9.84 Å². The number of aromatic nitrogens is 2. The Bertz CT molecular complexity index is 410. The Morgan fingerprint density at radius 3 is 2.40 bits per heavy atom. The molecular formula is C16H29N3O. The molecule has 114 valence electrons. The van der Waals surface area contributed by atoms with Gasteiger partial charge in [-0.1, -0.05) is 32.9 Å². The molecule has 0 bridgehead atoms. The average Bonchev–Trinajstić information content (AvgIpc) is 2.89. The fraction of sp³-hybridized carbons (Fsp3) is 0.875. The lowest BCUT2D eigenvalue weighted by Gasteiger charge is -2.36. The molecule has 1 aliphatic carbocycles. The molecule has 1 heterocycles. The van der Waals surface area contributed by atoms with E-state index in [4.69, 9.17) is 4.52 Å². The smallest absolute Gasteiger partial charge is 0.243 e. The highest BCUT2D eigenvalue weighted by Gasteiger charge is 2.32. The van der Waals surface area contributed by atoms with Crippen molar-refractivity contribution in [2.75, 3.05) is 7.05 Å². The van der Waals surface area contributed by atoms with Crippen LogP contribution in [0.1, 0.15) is 83.5 Å². The fourth-order valence-electron chi connectivity index (χ4n) is 3.27. The Labute approximate surface area is 122 Å². The van der Waals surface area contributed by atoms with Gasteiger partial charge in [0.2, 0.25) is 5.89 Å². The molecule has 0 aliphatic heterocycles. The van der Waals surface area contributed by atoms with Gasteiger partial charge in [-0.2, -0.15) is 4.98 Å². The molecule has 1 aromatic heterocycles. The van der Waals surface area contributed by atoms with Crippen LogP contribution in [-0.2, 0) is 0 Å². The first-order chi connectivity index (χ1) is 9.45. The van der Waals surface area contributed by atoms with Crippen LogP contribution in [0.2, 0.25) is 0 Å². The van der Waals surface area contributed by atoms with E-state index >= 15 is 0 Å². The van der Waals surface area contributed by atoms with Crippen molar-refractivity contribution in [1.82, 2.24) is 15.5 Å². The maximum Gasteiger partial charge on any atom is 0.243 e. The third kappa shape index (κ3) is 3.40. The summed E-state index contributed by atoms with van der Waals surface area (Å²) < 4.78 is 5.43. The number of hydrogen-bond acceptors (Lipinski definition) is 4. The molecule has 1 atom stereocenters. The predicted molar refractivity (Wildman–Crippen MR) is 80.5 cm³/mol. The van der Waals surface area contributed by atoms with E-state index in [2.05, 4.69) is 43.2 Å². The van der Waals surface area contributed by atoms with Crippen LogP contribution in [0, 0.1) is 11.3 Å². The third-order valence-electron chi connectivity index (χ3n) is 4.83. The minimum Gasteiger partial charge on any atom is -0.338 e. The van der Waals surface area contributed by atoms with Crippen molar-refractivity contribution >= 4 is 0 Å². The predicted octanol–water partition coefficient (Wildman–Crippen LogP) is 4.06. The highest BCUT2D eigenvalue weighted by molar-refractivity contribution is 5.00. The van der Waals surface area contributed by atoms with Crippen LogP contribution < -0.4 is 5.32 Å². The first-order valence-electron chi connectivity index (χ1n) is 7.96. The average molecular weight is 279 g/mol. The zero-order valence-corrected chi connectivity index (χ0v) is 13.6. The summed E-state index contributed by atoms with van der Waals surface area (Å²) in [4.78, 5) is 4.62. The van der Waals surface area contributed by atoms with Crippen LogP contribution >= 0.6 is 0 Å². The summed E-state index contributed by atoms with van der Waals surface area (Å²) in [7, 11) is 1.94. The van der Waals surface area contributed by atoms with Gasteiger partial charge >= 0.3 is 0 Å². The molecule has 1 aliphatic rings. The Morgan fingerprint density at radius 1 is 1.25 bits per heavy atom. The van der Waals surface area contributed by atoms with Crippen molar-refractivity contribution in [1.29, 1.82) is 0 Å². The molecule has 1 N–H and O–H groups in total. The topological polar surface area (TPSA) is 51.0 Å². The summed E-state index contributed by atoms with van der Waals surface area (Å²) >= 11 is 0. The van der Waals surface area contributed by atoms with E-state index in [1.807, 2.05) is 7.05 Å². The van der Waals surface area contributed by atoms with E-state index < -0.39 is 0 Å². The quantitative estimate of drug-likeness (QED) is 0.903. The van der Waals surface area contributed by atoms with Gasteiger partial charge in [0.15, 0.2) is 5.82 Å². The van der Waals surface area contributed by atoms with E-state index in [0.717, 1.165) is 24.1 Å². The van der Waals surface area contributed by atoms with Crippen LogP contribution in [0.5, 0.6) is 0 Å². The second-order valence-electron chi connectivity index (χ2n) is 7.15. The number of rotatable bonds is 4. The van der Waals surface area contributed by atoms with E-state index in [1.165, 1.54) is 25.7 Å². The highest BCUT2D eigenvalue weighted by Crippen LogP contribution is 2.42. The Hall–Kier alpha value is -0.900. The molecule has 1 aromatic rings. The Morgan fingerprint density at radius 2 is 1.90 bits per heavy atom. The van der Waals surface area contributed by atoms with Gasteiger partial charge in [-0.3, -0.25) is 0 Å². The van der Waals surface area contributed by atoms with Crippen molar-refractivity contribution in [2.24, 2.45) is 11.3 Å². The third-order valence-corrected chi connectivity index (χ3v) is 4.83. The second kappa shape index (κ2) is 6.25. The van der Waals surface area contributed by atoms with Crippen LogP contribution in [0.3, 0.4) is 0 Å². The van der Waals surface area contributed by atoms with Gasteiger partial charge in [-0.05, 0) is 50.5 Å². The van der Waals surface area contributed by atoms with E-state index in [1.54, 1.807) is 0 Å². The minimum atomic E-state index is 0.183. The van der Waals surface area contributed by atoms with Crippen molar-refractivity contribution in [3.63, 3.8) is 0 Å². The highest BCUT2D eigenvalue weighted by atomic mass is 16.5. The van der Waals surface area contributed by atoms with Gasteiger partial charge in [0, 0.05) is 5.92 Å². The standard InChI is InChI=1S/C16H29N3O/c1-6-13(17-5)15-18-14(19-20-15)11-7-9-12(10-8-11)16(2,3)4/h11-13,17H,6-10H2,1-5H3. The van der Waals surface area contributed by atoms with Gasteiger partial charge in [-0.25, -0.2) is 0 Å². The molecule has 1 unspecified atom stereocenters. The van der Waals surface area contributed by atoms with Crippen molar-refractivity contribution in [3.8, 4) is 0 Å². The molecule has 1 fully saturated rings. The molecule has 4 heteroatoms. The van der Waals surface area contributed by atoms with Crippen LogP contribution in [0.4, 0.5) is 0 Å². The van der Waals surface area contributed by atoms with Crippen molar-refractivity contribution < 1.29 is 4.52 Å². The number of hydrogen-bond donors (Lipinski definition) is 1. The first-order valence-corrected chi connectivity index (χ1v) is 7.96. The van der Waals surface area contributed by atoms with Gasteiger partial charge in [0.05, 0.1) is 6.04 Å². The van der Waals surface area contributed by atoms with Crippen molar-refractivity contribution in [3.05, 3.63) is 11.7 Å². The zero-order valence-electron chi connectivity index (χ0n) is 13.6. The Kier molecular flexibility index (Phi) is 4.84. The SMILES string of the molecule is CCC(NC)c1nc(C2CCC(C(C)(C)C)CC2)no1. The lowest BCUT2D eigenvalue weighted by Crippen LogP contribution is -2.25. The largest absolute Gasteiger partial charge is 0.338 e. The fourth-order valence-corrected chi connectivity index (χ4v) is 3.27. The monoisotopic (exact) mass is 279 g/mol. The first kappa shape index (κ1) is 15.5. The lowest BCUT2D eigenvalue weighted by atomic mass is 9.70. The van der Waals surface area contributed by atoms with Crippen molar-refractivity contribution in [2.45, 2.75) is 71.8 Å². The normalized spacial score (nSPS) is 25.6. The summed E-state index contributed by atoms with van der Waals surface area (Å²) in [6, 6.07) is 0.183. The van der Waals surface area contributed by atoms with Gasteiger partial charge in [0.25, 0.3) is 0 Å². The minimum absolute atomic E-state index is 0.183. The van der Waals surface area contributed by atoms with Crippen LogP contribution in [0.25, 0.3) is 0 Å². The van der Waals surface area contributed by atoms with E-state index in [9.17, 15) is 0 Å². The zero-order chi connectivity index (χ0) is 14.8. The summed E-state index contributed by atoms with van der Waals surface area (Å²) in [5.74, 6) is 2.97. The number of nitrogens with zero attached hydrogens (tertiary/aromatic N) is 2. The van der Waals surface area contributed by atoms with Gasteiger partial charge in [-0.15, -0.1) is 0 Å². The molecule has 0 amide bonds. The molecule has 0 spiro atoms. The molecule has 0 aromatic carbocycles. The summed E-state index contributed by atoms with van der Waals surface area (Å²) in [5.41, 5.74) is 0.423. The van der Waals surface area contributed by atoms with E-state index in [-0.39, 0.29) is 6.04 Å². The maximum absolute atomic E-state index is 5.43. The Balaban J connectivity index is 1.97. The molecule has 20 heavy (non-hydrogen) atoms. The molecule has 0 saturated heterocycles. The lowest BCUT2D eigenvalue weighted by molar-refractivity contribution is 0.166. The molecule has 2 rings (SSSR count). The van der Waals surface area contributed by atoms with Crippen LogP contribution in [0.15, 0.2) is 4.52 Å². The van der Waals surface area contributed by atoms with Crippen LogP contribution in [-0.4, -0.2) is 17.2 Å². The molecule has 4 nitrogen and oxygen atoms in total. The number of nitrogens with one attached hydrogen (secondary N) is 1.